The molecule has 7 heteroatoms. The van der Waals surface area contributed by atoms with Crippen LogP contribution in [0.4, 0.5) is 0 Å². The van der Waals surface area contributed by atoms with Gasteiger partial charge in [-0.15, -0.1) is 0 Å². The molecule has 0 saturated carbocycles. The number of aromatic nitrogens is 4. The molecule has 1 aliphatic rings. The quantitative estimate of drug-likeness (QED) is 0.247. The van der Waals surface area contributed by atoms with Crippen LogP contribution in [0.3, 0.4) is 0 Å². The van der Waals surface area contributed by atoms with Crippen molar-refractivity contribution >= 4 is 39.7 Å². The molecule has 172 valence electrons. The monoisotopic (exact) mass is 470 g/mol. The van der Waals surface area contributed by atoms with Gasteiger partial charge in [0.2, 0.25) is 0 Å². The summed E-state index contributed by atoms with van der Waals surface area (Å²) < 4.78 is 9.26. The van der Waals surface area contributed by atoms with Gasteiger partial charge in [-0.05, 0) is 53.2 Å². The molecule has 0 unspecified atom stereocenters. The van der Waals surface area contributed by atoms with Gasteiger partial charge < -0.3 is 8.98 Å². The lowest BCUT2D eigenvalue weighted by molar-refractivity contribution is 0.0990. The highest BCUT2D eigenvalue weighted by molar-refractivity contribution is 6.42. The predicted octanol–water partition coefficient (Wildman–Crippen LogP) is 5.63. The van der Waals surface area contributed by atoms with Gasteiger partial charge in [-0.3, -0.25) is 14.2 Å². The summed E-state index contributed by atoms with van der Waals surface area (Å²) in [7, 11) is 1.86. The van der Waals surface area contributed by atoms with Gasteiger partial charge in [0.05, 0.1) is 11.8 Å². The molecular formula is C29H18N4O3. The molecule has 0 radical (unpaired) electrons. The highest BCUT2D eigenvalue weighted by atomic mass is 16.3. The van der Waals surface area contributed by atoms with E-state index < -0.39 is 0 Å². The van der Waals surface area contributed by atoms with Crippen molar-refractivity contribution in [3.63, 3.8) is 0 Å². The van der Waals surface area contributed by atoms with Gasteiger partial charge >= 0.3 is 0 Å². The van der Waals surface area contributed by atoms with Crippen molar-refractivity contribution in [2.45, 2.75) is 0 Å². The van der Waals surface area contributed by atoms with Crippen LogP contribution >= 0.6 is 0 Å². The Morgan fingerprint density at radius 1 is 0.778 bits per heavy atom. The molecule has 7 rings (SSSR count). The van der Waals surface area contributed by atoms with Crippen molar-refractivity contribution in [3.05, 3.63) is 108 Å². The molecule has 36 heavy (non-hydrogen) atoms. The molecule has 3 aromatic carbocycles. The van der Waals surface area contributed by atoms with Crippen LogP contribution in [-0.2, 0) is 7.05 Å². The molecule has 0 spiro atoms. The second kappa shape index (κ2) is 7.48. The summed E-state index contributed by atoms with van der Waals surface area (Å²) in [5.41, 5.74) is 2.97. The number of allylic oxidation sites excluding steroid dienone is 1. The fourth-order valence-electron chi connectivity index (χ4n) is 4.84. The van der Waals surface area contributed by atoms with E-state index in [4.69, 9.17) is 14.4 Å². The Balaban J connectivity index is 1.44. The van der Waals surface area contributed by atoms with Crippen LogP contribution in [0.1, 0.15) is 26.5 Å². The van der Waals surface area contributed by atoms with Crippen LogP contribution in [0.15, 0.2) is 95.1 Å². The van der Waals surface area contributed by atoms with Crippen molar-refractivity contribution in [3.8, 4) is 17.3 Å². The standard InChI is InChI=1S/C29H18N4O3/c1-32-27(23-12-7-13-36-23)31-29-28(32)30-24(33(29)19-10-3-2-4-11-19)16-22-25(34)20-14-17-8-5-6-9-18(17)15-21(20)26(22)35/h2-16H,1H3. The van der Waals surface area contributed by atoms with Gasteiger partial charge in [0.25, 0.3) is 0 Å². The van der Waals surface area contributed by atoms with Gasteiger partial charge in [0, 0.05) is 23.9 Å². The van der Waals surface area contributed by atoms with Crippen molar-refractivity contribution in [1.29, 1.82) is 0 Å². The number of para-hydroxylation sites is 1. The fraction of sp³-hybridized carbons (Fsp3) is 0.0345. The Morgan fingerprint density at radius 3 is 2.08 bits per heavy atom. The van der Waals surface area contributed by atoms with Crippen LogP contribution < -0.4 is 0 Å². The van der Waals surface area contributed by atoms with Gasteiger partial charge in [-0.2, -0.15) is 0 Å². The Hall–Kier alpha value is -5.04. The van der Waals surface area contributed by atoms with E-state index in [1.165, 1.54) is 0 Å². The first kappa shape index (κ1) is 20.3. The summed E-state index contributed by atoms with van der Waals surface area (Å²) in [6.45, 7) is 0. The number of benzene rings is 3. The predicted molar refractivity (Wildman–Crippen MR) is 136 cm³/mol. The number of fused-ring (bicyclic) bond motifs is 3. The number of carbonyl (C=O) groups is 2. The number of nitrogens with zero attached hydrogens (tertiary/aromatic N) is 4. The summed E-state index contributed by atoms with van der Waals surface area (Å²) >= 11 is 0. The lowest BCUT2D eigenvalue weighted by atomic mass is 10.0. The van der Waals surface area contributed by atoms with Gasteiger partial charge in [0.15, 0.2) is 34.4 Å². The van der Waals surface area contributed by atoms with E-state index in [1.807, 2.05) is 82.9 Å². The van der Waals surface area contributed by atoms with E-state index in [2.05, 4.69) is 0 Å². The number of imidazole rings is 2. The first-order valence-corrected chi connectivity index (χ1v) is 11.5. The van der Waals surface area contributed by atoms with Gasteiger partial charge in [0.1, 0.15) is 5.82 Å². The molecule has 3 heterocycles. The van der Waals surface area contributed by atoms with Crippen LogP contribution in [0.2, 0.25) is 0 Å². The lowest BCUT2D eigenvalue weighted by Gasteiger charge is -2.06. The minimum atomic E-state index is -0.295. The second-order valence-electron chi connectivity index (χ2n) is 8.72. The molecule has 0 N–H and O–H groups in total. The first-order valence-electron chi connectivity index (χ1n) is 11.5. The second-order valence-corrected chi connectivity index (χ2v) is 8.72. The summed E-state index contributed by atoms with van der Waals surface area (Å²) in [5, 5.41) is 1.84. The number of rotatable bonds is 3. The molecule has 0 amide bonds. The van der Waals surface area contributed by atoms with E-state index >= 15 is 0 Å². The van der Waals surface area contributed by atoms with E-state index in [1.54, 1.807) is 24.5 Å². The first-order chi connectivity index (χ1) is 17.6. The topological polar surface area (TPSA) is 82.9 Å². The number of carbonyl (C=O) groups excluding carboxylic acids is 2. The number of Topliss-reactive ketones (excluding diaryl/α,β-unsaturated/α-hetero) is 2. The molecule has 3 aromatic heterocycles. The number of ketones is 2. The summed E-state index contributed by atoms with van der Waals surface area (Å²) in [5.74, 6) is 1.12. The molecule has 6 aromatic rings. The van der Waals surface area contributed by atoms with Crippen molar-refractivity contribution in [1.82, 2.24) is 19.1 Å². The normalized spacial score (nSPS) is 13.2. The van der Waals surface area contributed by atoms with Crippen LogP contribution in [0, 0.1) is 0 Å². The highest BCUT2D eigenvalue weighted by Gasteiger charge is 2.34. The molecule has 0 atom stereocenters. The molecule has 0 fully saturated rings. The minimum Gasteiger partial charge on any atom is -0.461 e. The zero-order valence-corrected chi connectivity index (χ0v) is 19.2. The third-order valence-electron chi connectivity index (χ3n) is 6.60. The Bertz CT molecular complexity index is 1820. The van der Waals surface area contributed by atoms with Gasteiger partial charge in [-0.1, -0.05) is 42.5 Å². The molecule has 0 bridgehead atoms. The zero-order chi connectivity index (χ0) is 24.4. The van der Waals surface area contributed by atoms with Crippen molar-refractivity contribution in [2.75, 3.05) is 0 Å². The van der Waals surface area contributed by atoms with E-state index in [0.717, 1.165) is 16.5 Å². The van der Waals surface area contributed by atoms with Crippen LogP contribution in [0.25, 0.3) is 45.4 Å². The van der Waals surface area contributed by atoms with E-state index in [9.17, 15) is 9.59 Å². The number of hydrogen-bond donors (Lipinski definition) is 0. The van der Waals surface area contributed by atoms with Crippen molar-refractivity contribution < 1.29 is 14.0 Å². The average molecular weight is 470 g/mol. The maximum absolute atomic E-state index is 13.4. The maximum atomic E-state index is 13.4. The third-order valence-corrected chi connectivity index (χ3v) is 6.60. The number of aryl methyl sites for hydroxylation is 1. The van der Waals surface area contributed by atoms with E-state index in [-0.39, 0.29) is 17.1 Å². The Morgan fingerprint density at radius 2 is 1.44 bits per heavy atom. The third kappa shape index (κ3) is 2.86. The summed E-state index contributed by atoms with van der Waals surface area (Å²) in [4.78, 5) is 36.4. The van der Waals surface area contributed by atoms with Crippen molar-refractivity contribution in [2.24, 2.45) is 7.05 Å². The van der Waals surface area contributed by atoms with Crippen LogP contribution in [-0.4, -0.2) is 30.7 Å². The molecule has 0 aliphatic heterocycles. The lowest BCUT2D eigenvalue weighted by Crippen LogP contribution is -2.04. The largest absolute Gasteiger partial charge is 0.461 e. The average Bonchev–Trinajstić information content (AvgIpc) is 3.66. The fourth-order valence-corrected chi connectivity index (χ4v) is 4.84. The summed E-state index contributed by atoms with van der Waals surface area (Å²) in [6.07, 6.45) is 3.18. The molecule has 1 aliphatic carbocycles. The number of furan rings is 1. The Labute approximate surface area is 204 Å². The molecule has 0 saturated heterocycles. The Kier molecular flexibility index (Phi) is 4.23. The smallest absolute Gasteiger partial charge is 0.197 e. The van der Waals surface area contributed by atoms with E-state index in [0.29, 0.717) is 39.8 Å². The van der Waals surface area contributed by atoms with Gasteiger partial charge in [-0.25, -0.2) is 9.97 Å². The zero-order valence-electron chi connectivity index (χ0n) is 19.2. The minimum absolute atomic E-state index is 0.0963. The maximum Gasteiger partial charge on any atom is 0.197 e. The molecule has 7 nitrogen and oxygen atoms in total. The van der Waals surface area contributed by atoms with Crippen LogP contribution in [0.5, 0.6) is 0 Å². The summed E-state index contributed by atoms with van der Waals surface area (Å²) in [6, 6.07) is 24.6. The molecular weight excluding hydrogens is 452 g/mol. The number of hydrogen-bond acceptors (Lipinski definition) is 5. The SMILES string of the molecule is Cn1c(-c2ccco2)nc2c1nc(C=C1C(=O)c3cc4ccccc4cc3C1=O)n2-c1ccccc1. The highest BCUT2D eigenvalue weighted by Crippen LogP contribution is 2.33.